The van der Waals surface area contributed by atoms with Crippen LogP contribution < -0.4 is 4.74 Å². The van der Waals surface area contributed by atoms with Gasteiger partial charge in [-0.05, 0) is 48.2 Å². The Bertz CT molecular complexity index is 940. The summed E-state index contributed by atoms with van der Waals surface area (Å²) in [5, 5.41) is 0. The zero-order valence-electron chi connectivity index (χ0n) is 13.2. The summed E-state index contributed by atoms with van der Waals surface area (Å²) in [7, 11) is 1.64. The van der Waals surface area contributed by atoms with Gasteiger partial charge in [-0.1, -0.05) is 30.0 Å². The molecule has 3 heteroatoms. The number of hydrogen-bond donors (Lipinski definition) is 0. The second-order valence-corrected chi connectivity index (χ2v) is 4.88. The van der Waals surface area contributed by atoms with Crippen LogP contribution in [0.3, 0.4) is 0 Å². The third-order valence-corrected chi connectivity index (χ3v) is 3.17. The van der Waals surface area contributed by atoms with Crippen molar-refractivity contribution in [3.63, 3.8) is 0 Å². The van der Waals surface area contributed by atoms with Crippen LogP contribution in [0.4, 0.5) is 0 Å². The molecule has 24 heavy (non-hydrogen) atoms. The van der Waals surface area contributed by atoms with Gasteiger partial charge in [0.05, 0.1) is 19.5 Å². The Kier molecular flexibility index (Phi) is 4.87. The van der Waals surface area contributed by atoms with E-state index >= 15 is 0 Å². The molecule has 3 aromatic rings. The Morgan fingerprint density at radius 1 is 0.708 bits per heavy atom. The van der Waals surface area contributed by atoms with Crippen LogP contribution in [0.1, 0.15) is 22.5 Å². The summed E-state index contributed by atoms with van der Waals surface area (Å²) in [6, 6.07) is 17.3. The molecule has 0 aliphatic rings. The lowest BCUT2D eigenvalue weighted by molar-refractivity contribution is 0.415. The topological polar surface area (TPSA) is 35.0 Å². The fourth-order valence-electron chi connectivity index (χ4n) is 1.95. The zero-order chi connectivity index (χ0) is 16.6. The molecule has 0 spiro atoms. The zero-order valence-corrected chi connectivity index (χ0v) is 13.2. The summed E-state index contributed by atoms with van der Waals surface area (Å²) in [5.41, 5.74) is 3.01. The first-order valence-electron chi connectivity index (χ1n) is 7.39. The molecule has 1 aromatic heterocycles. The Balaban J connectivity index is 1.79. The van der Waals surface area contributed by atoms with Crippen molar-refractivity contribution in [3.8, 4) is 29.4 Å². The second-order valence-electron chi connectivity index (χ2n) is 4.88. The monoisotopic (exact) mass is 310 g/mol. The highest BCUT2D eigenvalue weighted by molar-refractivity contribution is 5.43. The predicted octanol–water partition coefficient (Wildman–Crippen LogP) is 3.28. The average molecular weight is 310 g/mol. The van der Waals surface area contributed by atoms with Gasteiger partial charge in [0.15, 0.2) is 0 Å². The molecule has 0 N–H and O–H groups in total. The van der Waals surface area contributed by atoms with Gasteiger partial charge in [-0.2, -0.15) is 0 Å². The van der Waals surface area contributed by atoms with E-state index in [0.29, 0.717) is 11.4 Å². The molecule has 0 radical (unpaired) electrons. The molecule has 3 nitrogen and oxygen atoms in total. The smallest absolute Gasteiger partial charge is 0.133 e. The van der Waals surface area contributed by atoms with Crippen LogP contribution in [-0.4, -0.2) is 17.1 Å². The maximum atomic E-state index is 5.13. The molecule has 0 saturated heterocycles. The van der Waals surface area contributed by atoms with Crippen molar-refractivity contribution in [3.05, 3.63) is 89.5 Å². The van der Waals surface area contributed by atoms with E-state index in [4.69, 9.17) is 4.74 Å². The number of hydrogen-bond acceptors (Lipinski definition) is 3. The Morgan fingerprint density at radius 2 is 1.29 bits per heavy atom. The highest BCUT2D eigenvalue weighted by Crippen LogP contribution is 2.10. The predicted molar refractivity (Wildman–Crippen MR) is 93.4 cm³/mol. The van der Waals surface area contributed by atoms with E-state index in [-0.39, 0.29) is 0 Å². The first-order valence-corrected chi connectivity index (χ1v) is 7.39. The van der Waals surface area contributed by atoms with E-state index in [2.05, 4.69) is 33.6 Å². The largest absolute Gasteiger partial charge is 0.497 e. The van der Waals surface area contributed by atoms with Crippen molar-refractivity contribution in [2.75, 3.05) is 7.11 Å². The van der Waals surface area contributed by atoms with Crippen LogP contribution >= 0.6 is 0 Å². The number of methoxy groups -OCH3 is 1. The number of nitrogens with zero attached hydrogens (tertiary/aromatic N) is 2. The van der Waals surface area contributed by atoms with Gasteiger partial charge in [0.25, 0.3) is 0 Å². The first-order chi connectivity index (χ1) is 11.8. The van der Waals surface area contributed by atoms with E-state index < -0.39 is 0 Å². The molecule has 0 aliphatic carbocycles. The molecule has 0 aliphatic heterocycles. The average Bonchev–Trinajstić information content (AvgIpc) is 2.66. The normalized spacial score (nSPS) is 9.21. The van der Waals surface area contributed by atoms with E-state index in [1.807, 2.05) is 54.6 Å². The Morgan fingerprint density at radius 3 is 1.88 bits per heavy atom. The first kappa shape index (κ1) is 15.3. The van der Waals surface area contributed by atoms with Crippen LogP contribution in [0.2, 0.25) is 0 Å². The second kappa shape index (κ2) is 7.63. The van der Waals surface area contributed by atoms with Gasteiger partial charge in [-0.15, -0.1) is 0 Å². The maximum Gasteiger partial charge on any atom is 0.133 e. The molecule has 1 heterocycles. The van der Waals surface area contributed by atoms with Gasteiger partial charge in [0, 0.05) is 11.1 Å². The number of aromatic nitrogens is 2. The molecule has 0 bridgehead atoms. The van der Waals surface area contributed by atoms with Crippen molar-refractivity contribution in [2.24, 2.45) is 0 Å². The van der Waals surface area contributed by atoms with Gasteiger partial charge in [0.1, 0.15) is 17.1 Å². The van der Waals surface area contributed by atoms with Crippen LogP contribution in [0.25, 0.3) is 0 Å². The molecule has 0 saturated carbocycles. The van der Waals surface area contributed by atoms with E-state index in [1.54, 1.807) is 19.5 Å². The van der Waals surface area contributed by atoms with Crippen molar-refractivity contribution in [1.82, 2.24) is 9.97 Å². The number of ether oxygens (including phenoxy) is 1. The molecule has 0 amide bonds. The van der Waals surface area contributed by atoms with Gasteiger partial charge < -0.3 is 4.74 Å². The highest BCUT2D eigenvalue weighted by atomic mass is 16.5. The van der Waals surface area contributed by atoms with Gasteiger partial charge >= 0.3 is 0 Å². The molecule has 3 rings (SSSR count). The summed E-state index contributed by atoms with van der Waals surface area (Å²) in [6.07, 6.45) is 3.26. The minimum atomic E-state index is 0.589. The lowest BCUT2D eigenvalue weighted by atomic mass is 10.2. The Labute approximate surface area is 141 Å². The van der Waals surface area contributed by atoms with E-state index in [1.165, 1.54) is 0 Å². The van der Waals surface area contributed by atoms with E-state index in [0.717, 1.165) is 16.9 Å². The van der Waals surface area contributed by atoms with Crippen LogP contribution in [0.5, 0.6) is 5.75 Å². The number of benzene rings is 2. The maximum absolute atomic E-state index is 5.13. The molecule has 0 atom stereocenters. The fourth-order valence-corrected chi connectivity index (χ4v) is 1.95. The highest BCUT2D eigenvalue weighted by Gasteiger charge is 1.94. The lowest BCUT2D eigenvalue weighted by Gasteiger charge is -1.97. The summed E-state index contributed by atoms with van der Waals surface area (Å²) in [6.45, 7) is 0. The molecular formula is C21H14N2O. The molecule has 2 aromatic carbocycles. The van der Waals surface area contributed by atoms with Crippen molar-refractivity contribution >= 4 is 0 Å². The van der Waals surface area contributed by atoms with Crippen molar-refractivity contribution in [2.45, 2.75) is 0 Å². The van der Waals surface area contributed by atoms with Crippen LogP contribution in [-0.2, 0) is 0 Å². The quantitative estimate of drug-likeness (QED) is 0.647. The SMILES string of the molecule is COc1ccc(C#Cc2cncc(C#Cc3ccccc3)n2)cc1. The molecular weight excluding hydrogens is 296 g/mol. The fraction of sp³-hybridized carbons (Fsp3) is 0.0476. The van der Waals surface area contributed by atoms with Crippen LogP contribution in [0.15, 0.2) is 67.0 Å². The standard InChI is InChI=1S/C21H14N2O/c1-24-21-13-9-18(10-14-21)8-12-20-16-22-15-19(23-20)11-7-17-5-3-2-4-6-17/h2-6,9-10,13-16H,1H3. The summed E-state index contributed by atoms with van der Waals surface area (Å²) in [5.74, 6) is 12.9. The summed E-state index contributed by atoms with van der Waals surface area (Å²) < 4.78 is 5.13. The van der Waals surface area contributed by atoms with Gasteiger partial charge in [-0.3, -0.25) is 4.98 Å². The third-order valence-electron chi connectivity index (χ3n) is 3.17. The summed E-state index contributed by atoms with van der Waals surface area (Å²) >= 11 is 0. The molecule has 114 valence electrons. The minimum absolute atomic E-state index is 0.589. The molecule has 0 unspecified atom stereocenters. The Hall–Kier alpha value is -3.56. The van der Waals surface area contributed by atoms with Crippen molar-refractivity contribution < 1.29 is 4.74 Å². The third kappa shape index (κ3) is 4.22. The number of rotatable bonds is 1. The van der Waals surface area contributed by atoms with Crippen LogP contribution in [0, 0.1) is 23.7 Å². The van der Waals surface area contributed by atoms with Crippen molar-refractivity contribution in [1.29, 1.82) is 0 Å². The molecule has 0 fully saturated rings. The lowest BCUT2D eigenvalue weighted by Crippen LogP contribution is -1.90. The minimum Gasteiger partial charge on any atom is -0.497 e. The van der Waals surface area contributed by atoms with Gasteiger partial charge in [-0.25, -0.2) is 4.98 Å². The van der Waals surface area contributed by atoms with Gasteiger partial charge in [0.2, 0.25) is 0 Å². The summed E-state index contributed by atoms with van der Waals surface area (Å²) in [4.78, 5) is 8.55. The van der Waals surface area contributed by atoms with E-state index in [9.17, 15) is 0 Å².